The Morgan fingerprint density at radius 1 is 0.909 bits per heavy atom. The van der Waals surface area contributed by atoms with Gasteiger partial charge in [0.25, 0.3) is 0 Å². The van der Waals surface area contributed by atoms with Crippen LogP contribution in [0.25, 0.3) is 0 Å². The van der Waals surface area contributed by atoms with Gasteiger partial charge in [0.2, 0.25) is 6.34 Å². The van der Waals surface area contributed by atoms with Crippen molar-refractivity contribution in [2.24, 2.45) is 0 Å². The third kappa shape index (κ3) is 6.64. The first-order valence-electron chi connectivity index (χ1n) is 9.25. The van der Waals surface area contributed by atoms with Gasteiger partial charge in [-0.05, 0) is 18.4 Å². The van der Waals surface area contributed by atoms with Gasteiger partial charge in [0.15, 0.2) is 0 Å². The molecule has 0 bridgehead atoms. The van der Waals surface area contributed by atoms with Crippen LogP contribution in [0.3, 0.4) is 0 Å². The lowest BCUT2D eigenvalue weighted by atomic mass is 10.1. The largest absolute Gasteiger partial charge is 0.264 e. The second kappa shape index (κ2) is 10.4. The van der Waals surface area contributed by atoms with Gasteiger partial charge in [-0.15, -0.1) is 0 Å². The summed E-state index contributed by atoms with van der Waals surface area (Å²) in [5.74, 6) is 0. The Morgan fingerprint density at radius 3 is 2.32 bits per heavy atom. The van der Waals surface area contributed by atoms with Crippen LogP contribution in [0.5, 0.6) is 0 Å². The maximum absolute atomic E-state index is 2.50. The minimum Gasteiger partial charge on any atom is -0.264 e. The zero-order chi connectivity index (χ0) is 15.5. The predicted molar refractivity (Wildman–Crippen MR) is 95.5 cm³/mol. The van der Waals surface area contributed by atoms with E-state index in [-0.39, 0.29) is 0 Å². The fraction of sp³-hybridized carbons (Fsp3) is 0.650. The molecule has 0 saturated carbocycles. The van der Waals surface area contributed by atoms with Gasteiger partial charge in [-0.2, -0.15) is 0 Å². The molecule has 22 heavy (non-hydrogen) atoms. The number of hydrogen-bond donors (Lipinski definition) is 0. The van der Waals surface area contributed by atoms with Gasteiger partial charge < -0.3 is 0 Å². The molecule has 2 rings (SSSR count). The first kappa shape index (κ1) is 17.1. The van der Waals surface area contributed by atoms with Crippen LogP contribution in [0, 0.1) is 0 Å². The van der Waals surface area contributed by atoms with Crippen LogP contribution in [0.2, 0.25) is 0 Å². The van der Waals surface area contributed by atoms with E-state index in [2.05, 4.69) is 53.1 Å². The third-order valence-corrected chi connectivity index (χ3v) is 4.53. The Hall–Kier alpha value is -1.31. The molecule has 0 N–H and O–H groups in total. The fourth-order valence-electron chi connectivity index (χ4n) is 3.16. The van der Waals surface area contributed by atoms with Crippen molar-refractivity contribution in [2.75, 3.05) is 19.6 Å². The van der Waals surface area contributed by atoms with Crippen LogP contribution in [0.4, 0.5) is 0 Å². The smallest absolute Gasteiger partial charge is 0.234 e. The Balaban J connectivity index is 1.54. The van der Waals surface area contributed by atoms with Crippen molar-refractivity contribution in [1.82, 2.24) is 4.90 Å². The molecular weight excluding hydrogens is 268 g/mol. The number of rotatable bonds is 11. The molecule has 0 aliphatic carbocycles. The molecule has 1 aromatic rings. The van der Waals surface area contributed by atoms with Crippen molar-refractivity contribution >= 4 is 6.34 Å². The summed E-state index contributed by atoms with van der Waals surface area (Å²) >= 11 is 0. The molecular formula is C20H33N2+. The molecule has 0 fully saturated rings. The second-order valence-corrected chi connectivity index (χ2v) is 6.58. The molecule has 0 atom stereocenters. The van der Waals surface area contributed by atoms with Gasteiger partial charge in [-0.25, -0.2) is 0 Å². The lowest BCUT2D eigenvalue weighted by molar-refractivity contribution is -0.530. The zero-order valence-corrected chi connectivity index (χ0v) is 14.3. The molecule has 0 amide bonds. The molecule has 2 heteroatoms. The first-order chi connectivity index (χ1) is 10.9. The zero-order valence-electron chi connectivity index (χ0n) is 14.3. The van der Waals surface area contributed by atoms with Gasteiger partial charge in [0, 0.05) is 0 Å². The van der Waals surface area contributed by atoms with Gasteiger partial charge in [-0.1, -0.05) is 75.8 Å². The lowest BCUT2D eigenvalue weighted by Gasteiger charge is -2.06. The van der Waals surface area contributed by atoms with Crippen molar-refractivity contribution in [1.29, 1.82) is 0 Å². The normalized spacial score (nSPS) is 14.4. The molecule has 1 aliphatic rings. The van der Waals surface area contributed by atoms with Crippen LogP contribution in [-0.2, 0) is 6.54 Å². The van der Waals surface area contributed by atoms with Gasteiger partial charge in [-0.3, -0.25) is 9.48 Å². The van der Waals surface area contributed by atoms with Crippen molar-refractivity contribution in [2.45, 2.75) is 64.8 Å². The Kier molecular flexibility index (Phi) is 8.08. The fourth-order valence-corrected chi connectivity index (χ4v) is 3.16. The van der Waals surface area contributed by atoms with E-state index in [9.17, 15) is 0 Å². The lowest BCUT2D eigenvalue weighted by Crippen LogP contribution is -2.20. The van der Waals surface area contributed by atoms with E-state index >= 15 is 0 Å². The SMILES string of the molecule is CCCCCCCCCCN1C=[N+](Cc2ccccc2)CC1. The maximum Gasteiger partial charge on any atom is 0.234 e. The highest BCUT2D eigenvalue weighted by molar-refractivity contribution is 5.50. The van der Waals surface area contributed by atoms with E-state index in [0.717, 1.165) is 6.54 Å². The molecule has 0 radical (unpaired) electrons. The average molecular weight is 301 g/mol. The van der Waals surface area contributed by atoms with Crippen LogP contribution < -0.4 is 0 Å². The minimum absolute atomic E-state index is 1.05. The van der Waals surface area contributed by atoms with E-state index in [4.69, 9.17) is 0 Å². The Bertz CT molecular complexity index is 425. The summed E-state index contributed by atoms with van der Waals surface area (Å²) in [6.07, 6.45) is 13.6. The monoisotopic (exact) mass is 301 g/mol. The summed E-state index contributed by atoms with van der Waals surface area (Å²) in [6, 6.07) is 10.8. The Labute approximate surface area is 136 Å². The summed E-state index contributed by atoms with van der Waals surface area (Å²) in [5, 5.41) is 0. The number of nitrogens with zero attached hydrogens (tertiary/aromatic N) is 2. The quantitative estimate of drug-likeness (QED) is 0.425. The van der Waals surface area contributed by atoms with E-state index < -0.39 is 0 Å². The molecule has 0 aromatic heterocycles. The van der Waals surface area contributed by atoms with Gasteiger partial charge in [0.1, 0.15) is 19.6 Å². The van der Waals surface area contributed by atoms with E-state index in [0.29, 0.717) is 0 Å². The van der Waals surface area contributed by atoms with Crippen LogP contribution in [0.1, 0.15) is 63.9 Å². The van der Waals surface area contributed by atoms with Crippen LogP contribution >= 0.6 is 0 Å². The molecule has 2 nitrogen and oxygen atoms in total. The number of hydrogen-bond acceptors (Lipinski definition) is 1. The third-order valence-electron chi connectivity index (χ3n) is 4.53. The van der Waals surface area contributed by atoms with Gasteiger partial charge >= 0.3 is 0 Å². The predicted octanol–water partition coefficient (Wildman–Crippen LogP) is 4.68. The minimum atomic E-state index is 1.05. The molecule has 122 valence electrons. The van der Waals surface area contributed by atoms with Crippen LogP contribution in [-0.4, -0.2) is 35.4 Å². The van der Waals surface area contributed by atoms with Crippen molar-refractivity contribution in [3.8, 4) is 0 Å². The topological polar surface area (TPSA) is 6.25 Å². The molecule has 1 aliphatic heterocycles. The second-order valence-electron chi connectivity index (χ2n) is 6.58. The van der Waals surface area contributed by atoms with E-state index in [1.54, 1.807) is 0 Å². The summed E-state index contributed by atoms with van der Waals surface area (Å²) < 4.78 is 2.44. The number of benzene rings is 1. The van der Waals surface area contributed by atoms with Crippen molar-refractivity contribution in [3.05, 3.63) is 35.9 Å². The van der Waals surface area contributed by atoms with Crippen molar-refractivity contribution < 1.29 is 4.58 Å². The standard InChI is InChI=1S/C20H33N2/c1-2-3-4-5-6-7-8-12-15-21-16-17-22(19-21)18-20-13-10-9-11-14-20/h9-11,13-14,19H,2-8,12,15-18H2,1H3/q+1. The molecule has 1 heterocycles. The highest BCUT2D eigenvalue weighted by atomic mass is 15.3. The molecule has 0 spiro atoms. The van der Waals surface area contributed by atoms with E-state index in [1.165, 1.54) is 76.6 Å². The maximum atomic E-state index is 2.50. The molecule has 0 saturated heterocycles. The van der Waals surface area contributed by atoms with Crippen molar-refractivity contribution in [3.63, 3.8) is 0 Å². The molecule has 0 unspecified atom stereocenters. The van der Waals surface area contributed by atoms with E-state index in [1.807, 2.05) is 0 Å². The first-order valence-corrected chi connectivity index (χ1v) is 9.25. The Morgan fingerprint density at radius 2 is 1.59 bits per heavy atom. The summed E-state index contributed by atoms with van der Waals surface area (Å²) in [6.45, 7) is 6.94. The van der Waals surface area contributed by atoms with Gasteiger partial charge in [0.05, 0.1) is 6.54 Å². The summed E-state index contributed by atoms with van der Waals surface area (Å²) in [4.78, 5) is 2.50. The van der Waals surface area contributed by atoms with Crippen LogP contribution in [0.15, 0.2) is 30.3 Å². The summed E-state index contributed by atoms with van der Waals surface area (Å²) in [5.41, 5.74) is 1.41. The summed E-state index contributed by atoms with van der Waals surface area (Å²) in [7, 11) is 0. The molecule has 1 aromatic carbocycles. The highest BCUT2D eigenvalue weighted by Crippen LogP contribution is 2.09. The average Bonchev–Trinajstić information content (AvgIpc) is 2.98. The highest BCUT2D eigenvalue weighted by Gasteiger charge is 2.18. The number of unbranched alkanes of at least 4 members (excludes halogenated alkanes) is 7.